The average molecular weight is 320 g/mol. The number of hydrogen-bond acceptors (Lipinski definition) is 2. The van der Waals surface area contributed by atoms with E-state index < -0.39 is 11.4 Å². The van der Waals surface area contributed by atoms with Gasteiger partial charge in [0.05, 0.1) is 5.41 Å². The Hall–Kier alpha value is -1.12. The first-order valence-corrected chi connectivity index (χ1v) is 9.10. The first kappa shape index (κ1) is 18.2. The largest absolute Gasteiger partial charge is 0.481 e. The molecule has 2 rings (SSSR count). The number of carbonyl (C=O) groups excluding carboxylic acids is 1. The zero-order valence-electron chi connectivity index (χ0n) is 14.9. The predicted molar refractivity (Wildman–Crippen MR) is 92.1 cm³/mol. The van der Waals surface area contributed by atoms with Gasteiger partial charge in [0.2, 0.25) is 0 Å². The van der Waals surface area contributed by atoms with E-state index in [1.165, 1.54) is 5.57 Å². The van der Waals surface area contributed by atoms with Crippen molar-refractivity contribution in [3.05, 3.63) is 12.2 Å². The molecule has 130 valence electrons. The number of carbonyl (C=O) groups is 2. The third-order valence-electron chi connectivity index (χ3n) is 6.95. The Labute approximate surface area is 140 Å². The van der Waals surface area contributed by atoms with Crippen molar-refractivity contribution in [1.29, 1.82) is 0 Å². The highest BCUT2D eigenvalue weighted by Gasteiger charge is 2.57. The van der Waals surface area contributed by atoms with E-state index in [2.05, 4.69) is 20.4 Å². The van der Waals surface area contributed by atoms with Crippen LogP contribution < -0.4 is 0 Å². The van der Waals surface area contributed by atoms with Gasteiger partial charge in [-0.05, 0) is 68.6 Å². The summed E-state index contributed by atoms with van der Waals surface area (Å²) < 4.78 is 0. The van der Waals surface area contributed by atoms with Crippen LogP contribution in [0.25, 0.3) is 0 Å². The maximum atomic E-state index is 12.0. The third kappa shape index (κ3) is 3.25. The lowest BCUT2D eigenvalue weighted by molar-refractivity contribution is -0.164. The van der Waals surface area contributed by atoms with Crippen molar-refractivity contribution >= 4 is 12.3 Å². The summed E-state index contributed by atoms with van der Waals surface area (Å²) in [7, 11) is 0. The Bertz CT molecular complexity index is 483. The molecule has 0 spiro atoms. The van der Waals surface area contributed by atoms with Crippen molar-refractivity contribution in [3.8, 4) is 0 Å². The predicted octanol–water partition coefficient (Wildman–Crippen LogP) is 4.86. The van der Waals surface area contributed by atoms with Gasteiger partial charge in [-0.2, -0.15) is 0 Å². The lowest BCUT2D eigenvalue weighted by Gasteiger charge is -2.57. The fourth-order valence-electron chi connectivity index (χ4n) is 5.47. The SMILES string of the molecule is C=C1CC[C@H]2[C@@](C)(CCC[C@@]2(C)C(=O)O)[C@H]1CC[C@H](C)CC=O. The number of carboxylic acid groups (broad SMARTS) is 1. The van der Waals surface area contributed by atoms with E-state index in [9.17, 15) is 14.7 Å². The Balaban J connectivity index is 2.22. The molecule has 0 aromatic carbocycles. The molecule has 0 heterocycles. The highest BCUT2D eigenvalue weighted by molar-refractivity contribution is 5.75. The van der Waals surface area contributed by atoms with Crippen LogP contribution in [0.4, 0.5) is 0 Å². The fraction of sp³-hybridized carbons (Fsp3) is 0.800. The van der Waals surface area contributed by atoms with Gasteiger partial charge in [0.15, 0.2) is 0 Å². The first-order chi connectivity index (χ1) is 10.8. The molecule has 0 radical (unpaired) electrons. The summed E-state index contributed by atoms with van der Waals surface area (Å²) in [4.78, 5) is 22.7. The Morgan fingerprint density at radius 2 is 2.13 bits per heavy atom. The molecule has 3 heteroatoms. The summed E-state index contributed by atoms with van der Waals surface area (Å²) in [5, 5.41) is 9.83. The first-order valence-electron chi connectivity index (χ1n) is 9.10. The second-order valence-corrected chi connectivity index (χ2v) is 8.47. The van der Waals surface area contributed by atoms with Crippen molar-refractivity contribution in [2.24, 2.45) is 28.6 Å². The number of rotatable bonds is 6. The van der Waals surface area contributed by atoms with E-state index in [1.807, 2.05) is 6.92 Å². The fourth-order valence-corrected chi connectivity index (χ4v) is 5.47. The molecular weight excluding hydrogens is 288 g/mol. The molecule has 2 aliphatic carbocycles. The second kappa shape index (κ2) is 6.78. The minimum absolute atomic E-state index is 0.0433. The van der Waals surface area contributed by atoms with Crippen molar-refractivity contribution in [1.82, 2.24) is 0 Å². The summed E-state index contributed by atoms with van der Waals surface area (Å²) in [6, 6.07) is 0. The van der Waals surface area contributed by atoms with Crippen LogP contribution in [0.2, 0.25) is 0 Å². The molecule has 0 aliphatic heterocycles. The minimum atomic E-state index is -0.631. The zero-order chi connectivity index (χ0) is 17.3. The summed E-state index contributed by atoms with van der Waals surface area (Å²) in [5.41, 5.74) is 0.749. The number of aliphatic carboxylic acids is 1. The average Bonchev–Trinajstić information content (AvgIpc) is 2.46. The molecule has 0 aromatic rings. The molecule has 2 saturated carbocycles. The van der Waals surface area contributed by atoms with Crippen LogP contribution in [-0.2, 0) is 9.59 Å². The van der Waals surface area contributed by atoms with E-state index in [1.54, 1.807) is 0 Å². The number of hydrogen-bond donors (Lipinski definition) is 1. The molecule has 5 atom stereocenters. The van der Waals surface area contributed by atoms with E-state index >= 15 is 0 Å². The lowest BCUT2D eigenvalue weighted by Crippen LogP contribution is -2.53. The van der Waals surface area contributed by atoms with E-state index in [0.29, 0.717) is 18.3 Å². The van der Waals surface area contributed by atoms with Crippen LogP contribution in [-0.4, -0.2) is 17.4 Å². The van der Waals surface area contributed by atoms with Gasteiger partial charge in [0, 0.05) is 6.42 Å². The molecular formula is C20H32O3. The topological polar surface area (TPSA) is 54.4 Å². The van der Waals surface area contributed by atoms with Gasteiger partial charge >= 0.3 is 5.97 Å². The van der Waals surface area contributed by atoms with Crippen LogP contribution in [0.5, 0.6) is 0 Å². The van der Waals surface area contributed by atoms with Gasteiger partial charge in [-0.15, -0.1) is 0 Å². The van der Waals surface area contributed by atoms with Crippen LogP contribution in [0.1, 0.15) is 72.1 Å². The molecule has 2 aliphatic rings. The molecule has 1 N–H and O–H groups in total. The maximum Gasteiger partial charge on any atom is 0.309 e. The van der Waals surface area contributed by atoms with Gasteiger partial charge in [0.1, 0.15) is 6.29 Å². The number of carboxylic acids is 1. The summed E-state index contributed by atoms with van der Waals surface area (Å²) in [6.07, 6.45) is 8.48. The summed E-state index contributed by atoms with van der Waals surface area (Å²) >= 11 is 0. The Kier molecular flexibility index (Phi) is 5.37. The molecule has 0 bridgehead atoms. The van der Waals surface area contributed by atoms with Crippen LogP contribution in [0, 0.1) is 28.6 Å². The molecule has 23 heavy (non-hydrogen) atoms. The smallest absolute Gasteiger partial charge is 0.309 e. The van der Waals surface area contributed by atoms with Crippen molar-refractivity contribution in [3.63, 3.8) is 0 Å². The van der Waals surface area contributed by atoms with Crippen LogP contribution in [0.15, 0.2) is 12.2 Å². The number of aldehydes is 1. The maximum absolute atomic E-state index is 12.0. The van der Waals surface area contributed by atoms with Gasteiger partial charge in [-0.25, -0.2) is 0 Å². The highest BCUT2D eigenvalue weighted by atomic mass is 16.4. The summed E-state index contributed by atoms with van der Waals surface area (Å²) in [5.74, 6) is 0.403. The van der Waals surface area contributed by atoms with Crippen molar-refractivity contribution in [2.75, 3.05) is 0 Å². The van der Waals surface area contributed by atoms with Crippen molar-refractivity contribution in [2.45, 2.75) is 72.1 Å². The quantitative estimate of drug-likeness (QED) is 0.562. The van der Waals surface area contributed by atoms with Gasteiger partial charge in [-0.1, -0.05) is 32.4 Å². The van der Waals surface area contributed by atoms with E-state index in [4.69, 9.17) is 0 Å². The Morgan fingerprint density at radius 1 is 1.43 bits per heavy atom. The summed E-state index contributed by atoms with van der Waals surface area (Å²) in [6.45, 7) is 10.7. The standard InChI is InChI=1S/C20H32O3/c1-14(10-13-21)6-8-16-15(2)7-9-17-19(16,3)11-5-12-20(17,4)18(22)23/h13-14,16-17H,2,5-12H2,1,3-4H3,(H,22,23)/t14-,16-,17-,19-,20+/m0/s1. The lowest BCUT2D eigenvalue weighted by atomic mass is 9.46. The van der Waals surface area contributed by atoms with Crippen LogP contribution >= 0.6 is 0 Å². The second-order valence-electron chi connectivity index (χ2n) is 8.47. The van der Waals surface area contributed by atoms with Gasteiger partial charge in [0.25, 0.3) is 0 Å². The van der Waals surface area contributed by atoms with Crippen LogP contribution in [0.3, 0.4) is 0 Å². The monoisotopic (exact) mass is 320 g/mol. The van der Waals surface area contributed by atoms with E-state index in [0.717, 1.165) is 51.2 Å². The molecule has 0 unspecified atom stereocenters. The molecule has 0 amide bonds. The number of allylic oxidation sites excluding steroid dienone is 1. The highest BCUT2D eigenvalue weighted by Crippen LogP contribution is 2.62. The van der Waals surface area contributed by atoms with Gasteiger partial charge < -0.3 is 9.90 Å². The minimum Gasteiger partial charge on any atom is -0.481 e. The normalized spacial score (nSPS) is 38.7. The number of fused-ring (bicyclic) bond motifs is 1. The molecule has 3 nitrogen and oxygen atoms in total. The molecule has 0 saturated heterocycles. The molecule has 2 fully saturated rings. The zero-order valence-corrected chi connectivity index (χ0v) is 14.9. The Morgan fingerprint density at radius 3 is 2.74 bits per heavy atom. The van der Waals surface area contributed by atoms with Gasteiger partial charge in [-0.3, -0.25) is 4.79 Å². The molecule has 0 aromatic heterocycles. The van der Waals surface area contributed by atoms with Crippen molar-refractivity contribution < 1.29 is 14.7 Å². The third-order valence-corrected chi connectivity index (χ3v) is 6.95. The van der Waals surface area contributed by atoms with E-state index in [-0.39, 0.29) is 11.3 Å².